The highest BCUT2D eigenvalue weighted by molar-refractivity contribution is 5.54. The van der Waals surface area contributed by atoms with Crippen LogP contribution < -0.4 is 5.73 Å². The van der Waals surface area contributed by atoms with Crippen LogP contribution in [0.4, 0.5) is 0 Å². The Morgan fingerprint density at radius 1 is 1.29 bits per heavy atom. The first-order chi connectivity index (χ1) is 8.24. The SMILES string of the molecule is NCc1nc(-c2ccc(C(O)CO)cc2)no1. The van der Waals surface area contributed by atoms with Crippen LogP contribution in [0.5, 0.6) is 0 Å². The quantitative estimate of drug-likeness (QED) is 0.700. The summed E-state index contributed by atoms with van der Waals surface area (Å²) in [7, 11) is 0. The molecule has 6 nitrogen and oxygen atoms in total. The number of nitrogens with zero attached hydrogens (tertiary/aromatic N) is 2. The second-order valence-electron chi connectivity index (χ2n) is 3.54. The van der Waals surface area contributed by atoms with Crippen molar-refractivity contribution in [1.82, 2.24) is 10.1 Å². The number of aliphatic hydroxyl groups is 2. The van der Waals surface area contributed by atoms with E-state index in [1.54, 1.807) is 24.3 Å². The molecule has 0 aliphatic heterocycles. The van der Waals surface area contributed by atoms with Crippen LogP contribution in [-0.4, -0.2) is 27.0 Å². The van der Waals surface area contributed by atoms with Crippen molar-refractivity contribution < 1.29 is 14.7 Å². The lowest BCUT2D eigenvalue weighted by atomic mass is 10.1. The minimum atomic E-state index is -0.867. The van der Waals surface area contributed by atoms with Crippen molar-refractivity contribution in [3.05, 3.63) is 35.7 Å². The summed E-state index contributed by atoms with van der Waals surface area (Å²) in [6.45, 7) is -0.104. The van der Waals surface area contributed by atoms with Gasteiger partial charge >= 0.3 is 0 Å². The van der Waals surface area contributed by atoms with Gasteiger partial charge < -0.3 is 20.5 Å². The van der Waals surface area contributed by atoms with E-state index in [2.05, 4.69) is 10.1 Å². The third-order valence-electron chi connectivity index (χ3n) is 2.37. The summed E-state index contributed by atoms with van der Waals surface area (Å²) in [5, 5.41) is 22.0. The summed E-state index contributed by atoms with van der Waals surface area (Å²) in [5.41, 5.74) is 6.77. The first-order valence-electron chi connectivity index (χ1n) is 5.16. The molecule has 2 aromatic rings. The average molecular weight is 235 g/mol. The number of aromatic nitrogens is 2. The summed E-state index contributed by atoms with van der Waals surface area (Å²) in [4.78, 5) is 4.08. The summed E-state index contributed by atoms with van der Waals surface area (Å²) in [5.74, 6) is 0.829. The molecule has 0 saturated carbocycles. The third-order valence-corrected chi connectivity index (χ3v) is 2.37. The minimum absolute atomic E-state index is 0.203. The van der Waals surface area contributed by atoms with Crippen LogP contribution in [0.25, 0.3) is 11.4 Å². The molecule has 1 heterocycles. The lowest BCUT2D eigenvalue weighted by Crippen LogP contribution is -2.01. The van der Waals surface area contributed by atoms with Crippen LogP contribution in [0, 0.1) is 0 Å². The van der Waals surface area contributed by atoms with Gasteiger partial charge in [0, 0.05) is 5.56 Å². The molecule has 1 unspecified atom stereocenters. The zero-order chi connectivity index (χ0) is 12.3. The smallest absolute Gasteiger partial charge is 0.240 e. The number of hydrogen-bond acceptors (Lipinski definition) is 6. The first kappa shape index (κ1) is 11.7. The third kappa shape index (κ3) is 2.50. The maximum absolute atomic E-state index is 9.42. The van der Waals surface area contributed by atoms with Crippen molar-refractivity contribution in [3.8, 4) is 11.4 Å². The molecule has 0 fully saturated rings. The van der Waals surface area contributed by atoms with Crippen LogP contribution >= 0.6 is 0 Å². The number of aliphatic hydroxyl groups excluding tert-OH is 2. The maximum atomic E-state index is 9.42. The lowest BCUT2D eigenvalue weighted by molar-refractivity contribution is 0.0956. The summed E-state index contributed by atoms with van der Waals surface area (Å²) < 4.78 is 4.89. The molecule has 0 aliphatic rings. The Morgan fingerprint density at radius 3 is 2.53 bits per heavy atom. The molecule has 90 valence electrons. The largest absolute Gasteiger partial charge is 0.393 e. The normalized spacial score (nSPS) is 12.6. The van der Waals surface area contributed by atoms with E-state index in [-0.39, 0.29) is 13.2 Å². The van der Waals surface area contributed by atoms with Gasteiger partial charge in [0.05, 0.1) is 13.2 Å². The van der Waals surface area contributed by atoms with Gasteiger partial charge in [0.2, 0.25) is 11.7 Å². The Morgan fingerprint density at radius 2 is 2.00 bits per heavy atom. The summed E-state index contributed by atoms with van der Waals surface area (Å²) in [6.07, 6.45) is -0.867. The van der Waals surface area contributed by atoms with E-state index in [4.69, 9.17) is 15.4 Å². The van der Waals surface area contributed by atoms with E-state index in [1.165, 1.54) is 0 Å². The minimum Gasteiger partial charge on any atom is -0.393 e. The topological polar surface area (TPSA) is 105 Å². The van der Waals surface area contributed by atoms with Crippen LogP contribution in [-0.2, 0) is 6.54 Å². The number of hydrogen-bond donors (Lipinski definition) is 3. The van der Waals surface area contributed by atoms with Gasteiger partial charge in [-0.15, -0.1) is 0 Å². The van der Waals surface area contributed by atoms with Crippen LogP contribution in [0.2, 0.25) is 0 Å². The zero-order valence-corrected chi connectivity index (χ0v) is 9.08. The monoisotopic (exact) mass is 235 g/mol. The highest BCUT2D eigenvalue weighted by Crippen LogP contribution is 2.19. The molecule has 1 aromatic carbocycles. The molecule has 1 aromatic heterocycles. The number of benzene rings is 1. The van der Waals surface area contributed by atoms with E-state index in [1.807, 2.05) is 0 Å². The van der Waals surface area contributed by atoms with E-state index in [0.717, 1.165) is 5.56 Å². The predicted octanol–water partition coefficient (Wildman–Crippen LogP) is 0.221. The summed E-state index contributed by atoms with van der Waals surface area (Å²) in [6, 6.07) is 6.90. The zero-order valence-electron chi connectivity index (χ0n) is 9.08. The fourth-order valence-electron chi connectivity index (χ4n) is 1.41. The molecule has 0 bridgehead atoms. The Bertz CT molecular complexity index is 481. The lowest BCUT2D eigenvalue weighted by Gasteiger charge is -2.06. The molecular formula is C11H13N3O3. The van der Waals surface area contributed by atoms with Crippen molar-refractivity contribution in [2.45, 2.75) is 12.6 Å². The fourth-order valence-corrected chi connectivity index (χ4v) is 1.41. The molecule has 0 radical (unpaired) electrons. The molecule has 2 rings (SSSR count). The van der Waals surface area contributed by atoms with E-state index < -0.39 is 6.10 Å². The highest BCUT2D eigenvalue weighted by Gasteiger charge is 2.09. The van der Waals surface area contributed by atoms with Gasteiger partial charge in [0.15, 0.2) is 0 Å². The fraction of sp³-hybridized carbons (Fsp3) is 0.273. The number of nitrogens with two attached hydrogens (primary N) is 1. The molecule has 17 heavy (non-hydrogen) atoms. The molecule has 0 amide bonds. The van der Waals surface area contributed by atoms with Gasteiger partial charge in [-0.05, 0) is 5.56 Å². The first-order valence-corrected chi connectivity index (χ1v) is 5.16. The second-order valence-corrected chi connectivity index (χ2v) is 3.54. The molecule has 1 atom stereocenters. The van der Waals surface area contributed by atoms with Crippen molar-refractivity contribution in [2.24, 2.45) is 5.73 Å². The maximum Gasteiger partial charge on any atom is 0.240 e. The van der Waals surface area contributed by atoms with Gasteiger partial charge in [0.25, 0.3) is 0 Å². The van der Waals surface area contributed by atoms with E-state index >= 15 is 0 Å². The van der Waals surface area contributed by atoms with E-state index in [9.17, 15) is 5.11 Å². The Hall–Kier alpha value is -1.76. The number of rotatable bonds is 4. The van der Waals surface area contributed by atoms with Gasteiger partial charge in [-0.2, -0.15) is 4.98 Å². The van der Waals surface area contributed by atoms with Gasteiger partial charge in [0.1, 0.15) is 6.10 Å². The van der Waals surface area contributed by atoms with E-state index in [0.29, 0.717) is 17.3 Å². The molecular weight excluding hydrogens is 222 g/mol. The Labute approximate surface area is 97.7 Å². The predicted molar refractivity (Wildman–Crippen MR) is 59.7 cm³/mol. The molecule has 0 spiro atoms. The molecule has 4 N–H and O–H groups in total. The van der Waals surface area contributed by atoms with Crippen molar-refractivity contribution in [1.29, 1.82) is 0 Å². The van der Waals surface area contributed by atoms with Gasteiger partial charge in [-0.1, -0.05) is 29.4 Å². The highest BCUT2D eigenvalue weighted by atomic mass is 16.5. The standard InChI is InChI=1S/C11H13N3O3/c12-5-10-13-11(14-17-10)8-3-1-7(2-4-8)9(16)6-15/h1-4,9,15-16H,5-6,12H2. The summed E-state index contributed by atoms with van der Waals surface area (Å²) >= 11 is 0. The van der Waals surface area contributed by atoms with Crippen LogP contribution in [0.15, 0.2) is 28.8 Å². The Balaban J connectivity index is 2.22. The van der Waals surface area contributed by atoms with Gasteiger partial charge in [-0.25, -0.2) is 0 Å². The van der Waals surface area contributed by atoms with Crippen molar-refractivity contribution in [3.63, 3.8) is 0 Å². The Kier molecular flexibility index (Phi) is 3.48. The van der Waals surface area contributed by atoms with Crippen LogP contribution in [0.3, 0.4) is 0 Å². The molecule has 6 heteroatoms. The average Bonchev–Trinajstić information content (AvgIpc) is 2.87. The second kappa shape index (κ2) is 5.05. The molecule has 0 saturated heterocycles. The van der Waals surface area contributed by atoms with Crippen molar-refractivity contribution >= 4 is 0 Å². The van der Waals surface area contributed by atoms with Crippen molar-refractivity contribution in [2.75, 3.05) is 6.61 Å². The van der Waals surface area contributed by atoms with Gasteiger partial charge in [-0.3, -0.25) is 0 Å². The molecule has 0 aliphatic carbocycles. The van der Waals surface area contributed by atoms with Crippen LogP contribution in [0.1, 0.15) is 17.6 Å².